The van der Waals surface area contributed by atoms with Crippen molar-refractivity contribution in [3.63, 3.8) is 0 Å². The number of aryl methyl sites for hydroxylation is 2. The van der Waals surface area contributed by atoms with E-state index in [-0.39, 0.29) is 5.75 Å². The minimum absolute atomic E-state index is 0.128. The molecule has 3 aromatic rings. The number of hydrogen-bond donors (Lipinski definition) is 1. The number of nitrogens with one attached hydrogen (secondary N) is 1. The molecule has 0 amide bonds. The fraction of sp³-hybridized carbons (Fsp3) is 0.263. The van der Waals surface area contributed by atoms with E-state index >= 15 is 0 Å². The highest BCUT2D eigenvalue weighted by molar-refractivity contribution is 7.89. The molecule has 3 rings (SSSR count). The van der Waals surface area contributed by atoms with Crippen molar-refractivity contribution in [2.45, 2.75) is 19.4 Å². The quantitative estimate of drug-likeness (QED) is 0.639. The van der Waals surface area contributed by atoms with Crippen molar-refractivity contribution < 1.29 is 8.42 Å². The monoisotopic (exact) mass is 342 g/mol. The number of benzene rings is 2. The maximum absolute atomic E-state index is 12.1. The lowest BCUT2D eigenvalue weighted by atomic mass is 10.2. The maximum Gasteiger partial charge on any atom is 0.211 e. The summed E-state index contributed by atoms with van der Waals surface area (Å²) in [5, 5.41) is 1.21. The van der Waals surface area contributed by atoms with E-state index in [4.69, 9.17) is 0 Å². The first-order chi connectivity index (χ1) is 11.6. The molecule has 4 nitrogen and oxygen atoms in total. The highest BCUT2D eigenvalue weighted by atomic mass is 32.2. The third kappa shape index (κ3) is 4.46. The average Bonchev–Trinajstić information content (AvgIpc) is 3.01. The van der Waals surface area contributed by atoms with Crippen molar-refractivity contribution in [2.24, 2.45) is 0 Å². The number of fused-ring (bicyclic) bond motifs is 1. The molecule has 0 unspecified atom stereocenters. The molecular formula is C19H22N2O2S. The molecule has 126 valence electrons. The van der Waals surface area contributed by atoms with Gasteiger partial charge in [-0.15, -0.1) is 0 Å². The Morgan fingerprint density at radius 1 is 0.917 bits per heavy atom. The van der Waals surface area contributed by atoms with Gasteiger partial charge >= 0.3 is 0 Å². The van der Waals surface area contributed by atoms with Gasteiger partial charge in [0.1, 0.15) is 0 Å². The van der Waals surface area contributed by atoms with Crippen LogP contribution >= 0.6 is 0 Å². The third-order valence-electron chi connectivity index (χ3n) is 4.08. The van der Waals surface area contributed by atoms with Crippen LogP contribution in [0.2, 0.25) is 0 Å². The van der Waals surface area contributed by atoms with Crippen LogP contribution in [-0.4, -0.2) is 25.3 Å². The van der Waals surface area contributed by atoms with Crippen molar-refractivity contribution in [1.29, 1.82) is 0 Å². The highest BCUT2D eigenvalue weighted by Gasteiger charge is 2.09. The van der Waals surface area contributed by atoms with Crippen LogP contribution < -0.4 is 4.72 Å². The molecule has 5 heteroatoms. The molecule has 0 aliphatic heterocycles. The van der Waals surface area contributed by atoms with Crippen molar-refractivity contribution in [3.8, 4) is 0 Å². The third-order valence-corrected chi connectivity index (χ3v) is 5.47. The summed E-state index contributed by atoms with van der Waals surface area (Å²) >= 11 is 0. The summed E-state index contributed by atoms with van der Waals surface area (Å²) in [6.45, 7) is 1.26. The van der Waals surface area contributed by atoms with E-state index < -0.39 is 10.0 Å². The topological polar surface area (TPSA) is 51.1 Å². The fourth-order valence-corrected chi connectivity index (χ4v) is 3.89. The Labute approximate surface area is 143 Å². The van der Waals surface area contributed by atoms with Crippen molar-refractivity contribution >= 4 is 20.9 Å². The summed E-state index contributed by atoms with van der Waals surface area (Å²) in [5.74, 6) is 0.128. The minimum Gasteiger partial charge on any atom is -0.347 e. The molecule has 0 aliphatic rings. The second-order valence-corrected chi connectivity index (χ2v) is 7.80. The Kier molecular flexibility index (Phi) is 5.33. The lowest BCUT2D eigenvalue weighted by Gasteiger charge is -2.08. The standard InChI is InChI=1S/C19H22N2O2S/c22-24(23,16-12-17-7-2-1-3-8-17)20-13-6-14-21-15-11-18-9-4-5-10-19(18)21/h1-5,7-11,15,20H,6,12-14,16H2. The van der Waals surface area contributed by atoms with Gasteiger partial charge in [0.15, 0.2) is 0 Å². The molecular weight excluding hydrogens is 320 g/mol. The molecule has 0 radical (unpaired) electrons. The van der Waals surface area contributed by atoms with Gasteiger partial charge in [0.25, 0.3) is 0 Å². The molecule has 1 N–H and O–H groups in total. The first-order valence-corrected chi connectivity index (χ1v) is 9.84. The smallest absolute Gasteiger partial charge is 0.211 e. The molecule has 0 saturated heterocycles. The first kappa shape index (κ1) is 16.7. The number of sulfonamides is 1. The van der Waals surface area contributed by atoms with E-state index in [1.165, 1.54) is 10.9 Å². The van der Waals surface area contributed by atoms with E-state index in [2.05, 4.69) is 33.7 Å². The van der Waals surface area contributed by atoms with E-state index in [1.54, 1.807) is 0 Å². The average molecular weight is 342 g/mol. The van der Waals surface area contributed by atoms with Gasteiger partial charge in [-0.05, 0) is 35.9 Å². The van der Waals surface area contributed by atoms with E-state index in [1.807, 2.05) is 42.5 Å². The number of rotatable bonds is 8. The van der Waals surface area contributed by atoms with Gasteiger partial charge in [-0.25, -0.2) is 13.1 Å². The molecule has 2 aromatic carbocycles. The van der Waals surface area contributed by atoms with Crippen molar-refractivity contribution in [3.05, 3.63) is 72.4 Å². The number of hydrogen-bond acceptors (Lipinski definition) is 2. The Morgan fingerprint density at radius 3 is 2.50 bits per heavy atom. The normalized spacial score (nSPS) is 11.8. The van der Waals surface area contributed by atoms with Gasteiger partial charge < -0.3 is 4.57 Å². The Bertz CT molecular complexity index is 886. The van der Waals surface area contributed by atoms with Crippen LogP contribution in [0, 0.1) is 0 Å². The largest absolute Gasteiger partial charge is 0.347 e. The SMILES string of the molecule is O=S(=O)(CCc1ccccc1)NCCCn1ccc2ccccc21. The van der Waals surface area contributed by atoms with E-state index in [0.29, 0.717) is 13.0 Å². The van der Waals surface area contributed by atoms with Crippen LogP contribution in [0.1, 0.15) is 12.0 Å². The lowest BCUT2D eigenvalue weighted by Crippen LogP contribution is -2.28. The lowest BCUT2D eigenvalue weighted by molar-refractivity contribution is 0.571. The van der Waals surface area contributed by atoms with Crippen molar-refractivity contribution in [2.75, 3.05) is 12.3 Å². The van der Waals surface area contributed by atoms with E-state index in [9.17, 15) is 8.42 Å². The molecule has 0 saturated carbocycles. The number of aromatic nitrogens is 1. The summed E-state index contributed by atoms with van der Waals surface area (Å²) in [5.41, 5.74) is 2.23. The van der Waals surface area contributed by atoms with Crippen LogP contribution in [0.15, 0.2) is 66.9 Å². The van der Waals surface area contributed by atoms with Gasteiger partial charge in [0.05, 0.1) is 5.75 Å². The van der Waals surface area contributed by atoms with E-state index in [0.717, 1.165) is 18.5 Å². The summed E-state index contributed by atoms with van der Waals surface area (Å²) in [7, 11) is -3.22. The molecule has 0 fully saturated rings. The van der Waals surface area contributed by atoms with Gasteiger partial charge in [-0.3, -0.25) is 0 Å². The number of nitrogens with zero attached hydrogens (tertiary/aromatic N) is 1. The highest BCUT2D eigenvalue weighted by Crippen LogP contribution is 2.15. The Hall–Kier alpha value is -2.11. The molecule has 1 heterocycles. The number of para-hydroxylation sites is 1. The zero-order valence-corrected chi connectivity index (χ0v) is 14.4. The summed E-state index contributed by atoms with van der Waals surface area (Å²) in [6.07, 6.45) is 3.36. The Balaban J connectivity index is 1.45. The van der Waals surface area contributed by atoms with Gasteiger partial charge in [-0.2, -0.15) is 0 Å². The molecule has 1 aromatic heterocycles. The maximum atomic E-state index is 12.1. The second kappa shape index (κ2) is 7.64. The van der Waals surface area contributed by atoms with Crippen LogP contribution in [-0.2, 0) is 23.0 Å². The zero-order chi connectivity index (χ0) is 16.8. The fourth-order valence-electron chi connectivity index (χ4n) is 2.78. The minimum atomic E-state index is -3.22. The molecule has 0 spiro atoms. The second-order valence-electron chi connectivity index (χ2n) is 5.87. The summed E-state index contributed by atoms with van der Waals surface area (Å²) in [6, 6.07) is 20.0. The molecule has 0 atom stereocenters. The van der Waals surface area contributed by atoms with Gasteiger partial charge in [0, 0.05) is 24.8 Å². The zero-order valence-electron chi connectivity index (χ0n) is 13.6. The molecule has 0 aliphatic carbocycles. The molecule has 0 bridgehead atoms. The van der Waals surface area contributed by atoms with Crippen LogP contribution in [0.4, 0.5) is 0 Å². The molecule has 24 heavy (non-hydrogen) atoms. The summed E-state index contributed by atoms with van der Waals surface area (Å²) in [4.78, 5) is 0. The van der Waals surface area contributed by atoms with Crippen LogP contribution in [0.3, 0.4) is 0 Å². The van der Waals surface area contributed by atoms with Gasteiger partial charge in [0.2, 0.25) is 10.0 Å². The van der Waals surface area contributed by atoms with Crippen molar-refractivity contribution in [1.82, 2.24) is 9.29 Å². The van der Waals surface area contributed by atoms with Gasteiger partial charge in [-0.1, -0.05) is 48.5 Å². The predicted molar refractivity (Wildman–Crippen MR) is 98.5 cm³/mol. The first-order valence-electron chi connectivity index (χ1n) is 8.19. The predicted octanol–water partition coefficient (Wildman–Crippen LogP) is 3.19. The Morgan fingerprint density at radius 2 is 1.67 bits per heavy atom. The van der Waals surface area contributed by atoms with Crippen LogP contribution in [0.5, 0.6) is 0 Å². The summed E-state index contributed by atoms with van der Waals surface area (Å²) < 4.78 is 29.0. The van der Waals surface area contributed by atoms with Crippen LogP contribution in [0.25, 0.3) is 10.9 Å².